The second-order valence-corrected chi connectivity index (χ2v) is 11.9. The monoisotopic (exact) mass is 625 g/mol. The number of aliphatic hydroxyl groups excluding tert-OH is 1. The number of hydrogen-bond acceptors (Lipinski definition) is 9. The number of nitrogens with zero attached hydrogens (tertiary/aromatic N) is 4. The number of hydrogen-bond donors (Lipinski definition) is 3. The maximum absolute atomic E-state index is 16.7. The van der Waals surface area contributed by atoms with Gasteiger partial charge in [0.15, 0.2) is 5.82 Å². The molecule has 3 N–H and O–H groups in total. The maximum Gasteiger partial charge on any atom is 0.319 e. The van der Waals surface area contributed by atoms with E-state index in [1.54, 1.807) is 6.07 Å². The minimum Gasteiger partial charge on any atom is -0.508 e. The highest BCUT2D eigenvalue weighted by molar-refractivity contribution is 6.01. The Morgan fingerprint density at radius 1 is 1.18 bits per heavy atom. The molecule has 4 heterocycles. The molecule has 2 aliphatic heterocycles. The topological polar surface area (TPSA) is 113 Å². The number of pyridine rings is 1. The van der Waals surface area contributed by atoms with Crippen molar-refractivity contribution < 1.29 is 32.9 Å². The van der Waals surface area contributed by atoms with Gasteiger partial charge in [-0.2, -0.15) is 9.97 Å². The normalized spacial score (nSPS) is 21.4. The summed E-state index contributed by atoms with van der Waals surface area (Å²) in [5, 5.41) is 24.9. The van der Waals surface area contributed by atoms with Crippen LogP contribution < -0.4 is 15.0 Å². The molecule has 1 unspecified atom stereocenters. The molecule has 6 rings (SSSR count). The lowest BCUT2D eigenvalue weighted by Crippen LogP contribution is -2.33. The molecule has 45 heavy (non-hydrogen) atoms. The van der Waals surface area contributed by atoms with E-state index in [4.69, 9.17) is 9.47 Å². The number of phenolic OH excluding ortho intramolecular Hbond substituents is 1. The van der Waals surface area contributed by atoms with E-state index >= 15 is 4.39 Å². The number of halogens is 3. The van der Waals surface area contributed by atoms with Crippen molar-refractivity contribution in [3.05, 3.63) is 47.7 Å². The van der Waals surface area contributed by atoms with Gasteiger partial charge in [0.05, 0.1) is 25.2 Å². The third-order valence-corrected chi connectivity index (χ3v) is 8.67. The van der Waals surface area contributed by atoms with Crippen LogP contribution in [-0.2, 0) is 11.2 Å². The van der Waals surface area contributed by atoms with Gasteiger partial charge in [-0.15, -0.1) is 0 Å². The van der Waals surface area contributed by atoms with Crippen molar-refractivity contribution in [2.75, 3.05) is 57.5 Å². The van der Waals surface area contributed by atoms with Crippen LogP contribution in [0.15, 0.2) is 30.5 Å². The zero-order valence-corrected chi connectivity index (χ0v) is 25.2. The number of anilines is 1. The summed E-state index contributed by atoms with van der Waals surface area (Å²) in [6.45, 7) is 4.49. The number of aryl methyl sites for hydroxylation is 1. The van der Waals surface area contributed by atoms with Gasteiger partial charge in [-0.25, -0.2) is 13.2 Å². The fourth-order valence-corrected chi connectivity index (χ4v) is 6.41. The van der Waals surface area contributed by atoms with Crippen LogP contribution in [0.1, 0.15) is 31.7 Å². The molecule has 0 spiro atoms. The number of alkyl halides is 1. The highest BCUT2D eigenvalue weighted by atomic mass is 19.1. The Morgan fingerprint density at radius 2 is 2.04 bits per heavy atom. The summed E-state index contributed by atoms with van der Waals surface area (Å²) >= 11 is 0. The Labute approximate surface area is 259 Å². The van der Waals surface area contributed by atoms with Crippen molar-refractivity contribution in [3.63, 3.8) is 0 Å². The Balaban J connectivity index is 1.48. The van der Waals surface area contributed by atoms with Crippen molar-refractivity contribution >= 4 is 27.5 Å². The van der Waals surface area contributed by atoms with Gasteiger partial charge >= 0.3 is 6.01 Å². The standard InChI is InChI=1S/C33H38F3N5O4/c1-2-24-27(35)6-5-21-11-23(43)12-25(28(21)24)30-29(36)31-26(14-38-30)32(41-8-9-44-17-20(15-41)16-42)40-33(39-31)45-18-19-4-3-7-37-13-22(34)10-19/h5-6,11-12,14,19-20,22,37,42-43H,2-4,7-10,13,15-18H2,1H3/t19-,20?,22-/m1/s1. The average Bonchev–Trinajstić information content (AvgIpc) is 3.28. The SMILES string of the molecule is CCc1c(F)ccc2cc(O)cc(-c3ncc4c(N5CCOCC(CO)C5)nc(OC[C@@H]5CCCNC[C@H](F)C5)nc4c3F)c12. The van der Waals surface area contributed by atoms with Crippen molar-refractivity contribution in [2.24, 2.45) is 11.8 Å². The predicted octanol–water partition coefficient (Wildman–Crippen LogP) is 4.94. The summed E-state index contributed by atoms with van der Waals surface area (Å²) in [5.74, 6) is -1.19. The molecule has 2 aliphatic rings. The number of nitrogens with one attached hydrogen (secondary N) is 1. The number of aliphatic hydroxyl groups is 1. The number of benzene rings is 2. The van der Waals surface area contributed by atoms with Crippen LogP contribution in [0.4, 0.5) is 19.0 Å². The van der Waals surface area contributed by atoms with Gasteiger partial charge in [-0.1, -0.05) is 13.0 Å². The molecule has 0 bridgehead atoms. The lowest BCUT2D eigenvalue weighted by molar-refractivity contribution is 0.0959. The van der Waals surface area contributed by atoms with Crippen molar-refractivity contribution in [3.8, 4) is 23.0 Å². The lowest BCUT2D eigenvalue weighted by atomic mass is 9.94. The summed E-state index contributed by atoms with van der Waals surface area (Å²) in [6, 6.07) is 5.71. The summed E-state index contributed by atoms with van der Waals surface area (Å²) in [6.07, 6.45) is 2.80. The van der Waals surface area contributed by atoms with E-state index in [0.29, 0.717) is 73.2 Å². The average molecular weight is 626 g/mol. The first kappa shape index (κ1) is 31.3. The fourth-order valence-electron chi connectivity index (χ4n) is 6.41. The van der Waals surface area contributed by atoms with Crippen molar-refractivity contribution in [1.82, 2.24) is 20.3 Å². The molecule has 2 fully saturated rings. The molecule has 0 radical (unpaired) electrons. The molecule has 3 atom stereocenters. The van der Waals surface area contributed by atoms with Crippen LogP contribution in [-0.4, -0.2) is 83.9 Å². The van der Waals surface area contributed by atoms with Gasteiger partial charge in [-0.3, -0.25) is 4.98 Å². The fraction of sp³-hybridized carbons (Fsp3) is 0.485. The van der Waals surface area contributed by atoms with Crippen LogP contribution in [0.25, 0.3) is 32.9 Å². The van der Waals surface area contributed by atoms with E-state index in [2.05, 4.69) is 20.3 Å². The second kappa shape index (κ2) is 13.7. The highest BCUT2D eigenvalue weighted by Gasteiger charge is 2.27. The second-order valence-electron chi connectivity index (χ2n) is 11.9. The van der Waals surface area contributed by atoms with Gasteiger partial charge in [0, 0.05) is 43.9 Å². The number of ether oxygens (including phenoxy) is 2. The maximum atomic E-state index is 16.7. The van der Waals surface area contributed by atoms with Crippen LogP contribution in [0.3, 0.4) is 0 Å². The quantitative estimate of drug-likeness (QED) is 0.263. The van der Waals surface area contributed by atoms with Crippen LogP contribution in [0, 0.1) is 23.5 Å². The van der Waals surface area contributed by atoms with Gasteiger partial charge in [0.25, 0.3) is 0 Å². The molecular weight excluding hydrogens is 587 g/mol. The Bertz CT molecular complexity index is 1680. The summed E-state index contributed by atoms with van der Waals surface area (Å²) in [7, 11) is 0. The molecule has 2 saturated heterocycles. The third-order valence-electron chi connectivity index (χ3n) is 8.67. The lowest BCUT2D eigenvalue weighted by Gasteiger charge is -2.26. The summed E-state index contributed by atoms with van der Waals surface area (Å²) < 4.78 is 57.8. The molecule has 2 aromatic heterocycles. The van der Waals surface area contributed by atoms with E-state index in [-0.39, 0.29) is 53.6 Å². The first-order chi connectivity index (χ1) is 21.9. The predicted molar refractivity (Wildman–Crippen MR) is 165 cm³/mol. The number of rotatable bonds is 7. The minimum atomic E-state index is -1.000. The van der Waals surface area contributed by atoms with Crippen LogP contribution in [0.2, 0.25) is 0 Å². The molecule has 9 nitrogen and oxygen atoms in total. The largest absolute Gasteiger partial charge is 0.508 e. The minimum absolute atomic E-state index is 0.0538. The Kier molecular flexibility index (Phi) is 9.53. The summed E-state index contributed by atoms with van der Waals surface area (Å²) in [4.78, 5) is 15.6. The van der Waals surface area contributed by atoms with Gasteiger partial charge < -0.3 is 29.9 Å². The molecular formula is C33H38F3N5O4. The van der Waals surface area contributed by atoms with E-state index in [1.165, 1.54) is 24.4 Å². The highest BCUT2D eigenvalue weighted by Crippen LogP contribution is 2.39. The van der Waals surface area contributed by atoms with E-state index in [0.717, 1.165) is 19.4 Å². The number of phenols is 1. The number of aromatic hydroxyl groups is 1. The number of aromatic nitrogens is 3. The molecule has 2 aromatic carbocycles. The van der Waals surface area contributed by atoms with Gasteiger partial charge in [0.1, 0.15) is 34.8 Å². The molecule has 0 saturated carbocycles. The zero-order valence-electron chi connectivity index (χ0n) is 25.2. The zero-order chi connectivity index (χ0) is 31.5. The number of fused-ring (bicyclic) bond motifs is 2. The molecule has 12 heteroatoms. The Morgan fingerprint density at radius 3 is 2.87 bits per heavy atom. The van der Waals surface area contributed by atoms with E-state index < -0.39 is 17.8 Å². The molecule has 0 aliphatic carbocycles. The van der Waals surface area contributed by atoms with Crippen molar-refractivity contribution in [2.45, 2.75) is 38.8 Å². The molecule has 4 aromatic rings. The molecule has 240 valence electrons. The van der Waals surface area contributed by atoms with Gasteiger partial charge in [0.2, 0.25) is 0 Å². The molecule has 0 amide bonds. The Hall–Kier alpha value is -3.74. The summed E-state index contributed by atoms with van der Waals surface area (Å²) in [5.41, 5.74) is 0.474. The van der Waals surface area contributed by atoms with E-state index in [9.17, 15) is 19.0 Å². The van der Waals surface area contributed by atoms with Crippen molar-refractivity contribution in [1.29, 1.82) is 0 Å². The van der Waals surface area contributed by atoms with Crippen LogP contribution in [0.5, 0.6) is 11.8 Å². The van der Waals surface area contributed by atoms with Gasteiger partial charge in [-0.05, 0) is 72.7 Å². The smallest absolute Gasteiger partial charge is 0.319 e. The van der Waals surface area contributed by atoms with E-state index in [1.807, 2.05) is 11.8 Å². The first-order valence-electron chi connectivity index (χ1n) is 15.6. The third kappa shape index (κ3) is 6.63. The van der Waals surface area contributed by atoms with Crippen LogP contribution >= 0.6 is 0 Å². The first-order valence-corrected chi connectivity index (χ1v) is 15.6.